The molecule has 1 aromatic heterocycles. The lowest BCUT2D eigenvalue weighted by Gasteiger charge is -2.34. The molecule has 0 atom stereocenters. The number of hydrogen-bond donors (Lipinski definition) is 0. The lowest BCUT2D eigenvalue weighted by Crippen LogP contribution is -2.46. The number of aromatic nitrogens is 2. The Kier molecular flexibility index (Phi) is 4.82. The fourth-order valence-electron chi connectivity index (χ4n) is 3.23. The Balaban J connectivity index is 1.46. The van der Waals surface area contributed by atoms with Gasteiger partial charge in [-0.1, -0.05) is 23.4 Å². The molecule has 0 bridgehead atoms. The van der Waals surface area contributed by atoms with Gasteiger partial charge in [-0.25, -0.2) is 0 Å². The molecule has 0 radical (unpaired) electrons. The molecular formula is C20H22N4O3. The third-order valence-electron chi connectivity index (χ3n) is 4.73. The molecule has 0 spiro atoms. The van der Waals surface area contributed by atoms with Gasteiger partial charge < -0.3 is 23.8 Å². The van der Waals surface area contributed by atoms with Crippen molar-refractivity contribution in [3.8, 4) is 22.9 Å². The highest BCUT2D eigenvalue weighted by atomic mass is 16.5. The molecule has 140 valence electrons. The summed E-state index contributed by atoms with van der Waals surface area (Å²) in [6, 6.07) is 16.6. The van der Waals surface area contributed by atoms with Gasteiger partial charge in [0.2, 0.25) is 5.82 Å². The highest BCUT2D eigenvalue weighted by molar-refractivity contribution is 5.61. The van der Waals surface area contributed by atoms with Crippen molar-refractivity contribution in [2.45, 2.75) is 0 Å². The molecule has 2 aromatic carbocycles. The average molecular weight is 366 g/mol. The molecule has 0 N–H and O–H groups in total. The van der Waals surface area contributed by atoms with Crippen molar-refractivity contribution < 1.29 is 14.0 Å². The first kappa shape index (κ1) is 17.2. The third-order valence-corrected chi connectivity index (χ3v) is 4.73. The Hall–Kier alpha value is -3.22. The van der Waals surface area contributed by atoms with E-state index in [0.717, 1.165) is 31.7 Å². The summed E-state index contributed by atoms with van der Waals surface area (Å²) in [5.41, 5.74) is 2.07. The Morgan fingerprint density at radius 2 is 1.56 bits per heavy atom. The van der Waals surface area contributed by atoms with E-state index in [2.05, 4.69) is 44.2 Å². The van der Waals surface area contributed by atoms with Gasteiger partial charge in [0.1, 0.15) is 0 Å². The van der Waals surface area contributed by atoms with Gasteiger partial charge in [-0.2, -0.15) is 4.98 Å². The van der Waals surface area contributed by atoms with Crippen LogP contribution in [0.25, 0.3) is 11.4 Å². The number of benzene rings is 2. The summed E-state index contributed by atoms with van der Waals surface area (Å²) in [5.74, 6) is 1.84. The van der Waals surface area contributed by atoms with Crippen molar-refractivity contribution in [1.29, 1.82) is 0 Å². The van der Waals surface area contributed by atoms with Crippen LogP contribution in [0.3, 0.4) is 0 Å². The van der Waals surface area contributed by atoms with Crippen LogP contribution in [-0.4, -0.2) is 50.5 Å². The van der Waals surface area contributed by atoms with Crippen molar-refractivity contribution in [1.82, 2.24) is 10.1 Å². The van der Waals surface area contributed by atoms with Gasteiger partial charge in [0.05, 0.1) is 14.2 Å². The molecule has 0 saturated carbocycles. The highest BCUT2D eigenvalue weighted by Gasteiger charge is 2.22. The second-order valence-electron chi connectivity index (χ2n) is 6.28. The number of nitrogens with zero attached hydrogens (tertiary/aromatic N) is 4. The van der Waals surface area contributed by atoms with Crippen molar-refractivity contribution in [2.75, 3.05) is 50.2 Å². The Morgan fingerprint density at radius 1 is 0.852 bits per heavy atom. The number of hydrogen-bond acceptors (Lipinski definition) is 7. The average Bonchev–Trinajstić information content (AvgIpc) is 3.24. The SMILES string of the molecule is COc1ccc(-c2noc(N3CCN(c4ccccc4)CC3)n2)cc1OC. The molecule has 7 heteroatoms. The van der Waals surface area contributed by atoms with Crippen LogP contribution < -0.4 is 19.3 Å². The minimum atomic E-state index is 0.538. The maximum atomic E-state index is 5.50. The van der Waals surface area contributed by atoms with E-state index >= 15 is 0 Å². The molecule has 0 amide bonds. The molecule has 1 fully saturated rings. The maximum Gasteiger partial charge on any atom is 0.324 e. The van der Waals surface area contributed by atoms with Crippen molar-refractivity contribution in [3.05, 3.63) is 48.5 Å². The summed E-state index contributed by atoms with van der Waals surface area (Å²) in [6.45, 7) is 3.50. The van der Waals surface area contributed by atoms with E-state index in [-0.39, 0.29) is 0 Å². The molecule has 3 aromatic rings. The number of anilines is 2. The fraction of sp³-hybridized carbons (Fsp3) is 0.300. The predicted octanol–water partition coefficient (Wildman–Crippen LogP) is 3.08. The summed E-state index contributed by atoms with van der Waals surface area (Å²) in [7, 11) is 3.22. The second kappa shape index (κ2) is 7.57. The van der Waals surface area contributed by atoms with E-state index in [1.54, 1.807) is 14.2 Å². The number of ether oxygens (including phenoxy) is 2. The van der Waals surface area contributed by atoms with Gasteiger partial charge in [0, 0.05) is 37.4 Å². The van der Waals surface area contributed by atoms with E-state index in [1.165, 1.54) is 5.69 Å². The summed E-state index contributed by atoms with van der Waals surface area (Å²) >= 11 is 0. The summed E-state index contributed by atoms with van der Waals surface area (Å²) < 4.78 is 16.1. The monoisotopic (exact) mass is 366 g/mol. The van der Waals surface area contributed by atoms with E-state index in [0.29, 0.717) is 23.3 Å². The fourth-order valence-corrected chi connectivity index (χ4v) is 3.23. The van der Waals surface area contributed by atoms with Crippen molar-refractivity contribution in [3.63, 3.8) is 0 Å². The Bertz CT molecular complexity index is 889. The first-order valence-corrected chi connectivity index (χ1v) is 8.89. The van der Waals surface area contributed by atoms with Gasteiger partial charge in [0.25, 0.3) is 0 Å². The van der Waals surface area contributed by atoms with E-state index in [4.69, 9.17) is 14.0 Å². The predicted molar refractivity (Wildman–Crippen MR) is 104 cm³/mol. The van der Waals surface area contributed by atoms with Crippen molar-refractivity contribution in [2.24, 2.45) is 0 Å². The lowest BCUT2D eigenvalue weighted by atomic mass is 10.2. The zero-order chi connectivity index (χ0) is 18.6. The molecule has 7 nitrogen and oxygen atoms in total. The third kappa shape index (κ3) is 3.53. The summed E-state index contributed by atoms with van der Waals surface area (Å²) in [4.78, 5) is 9.05. The zero-order valence-electron chi connectivity index (χ0n) is 15.5. The van der Waals surface area contributed by atoms with Gasteiger partial charge in [-0.05, 0) is 30.3 Å². The molecule has 1 aliphatic heterocycles. The van der Waals surface area contributed by atoms with Crippen LogP contribution >= 0.6 is 0 Å². The van der Waals surface area contributed by atoms with Gasteiger partial charge in [-0.3, -0.25) is 0 Å². The lowest BCUT2D eigenvalue weighted by molar-refractivity contribution is 0.355. The van der Waals surface area contributed by atoms with E-state index in [9.17, 15) is 0 Å². The maximum absolute atomic E-state index is 5.50. The van der Waals surface area contributed by atoms with Crippen LogP contribution in [0, 0.1) is 0 Å². The smallest absolute Gasteiger partial charge is 0.324 e. The van der Waals surface area contributed by atoms with E-state index < -0.39 is 0 Å². The van der Waals surface area contributed by atoms with Crippen LogP contribution in [0.5, 0.6) is 11.5 Å². The quantitative estimate of drug-likeness (QED) is 0.687. The largest absolute Gasteiger partial charge is 0.493 e. The topological polar surface area (TPSA) is 63.9 Å². The Labute approximate surface area is 158 Å². The van der Waals surface area contributed by atoms with Crippen LogP contribution in [-0.2, 0) is 0 Å². The minimum Gasteiger partial charge on any atom is -0.493 e. The standard InChI is InChI=1S/C20H22N4O3/c1-25-17-9-8-15(14-18(17)26-2)19-21-20(27-22-19)24-12-10-23(11-13-24)16-6-4-3-5-7-16/h3-9,14H,10-13H2,1-2H3. The molecular weight excluding hydrogens is 344 g/mol. The first-order valence-electron chi connectivity index (χ1n) is 8.89. The summed E-state index contributed by atoms with van der Waals surface area (Å²) in [5, 5.41) is 4.13. The Morgan fingerprint density at radius 3 is 2.26 bits per heavy atom. The second-order valence-corrected chi connectivity index (χ2v) is 6.28. The van der Waals surface area contributed by atoms with Crippen LogP contribution in [0.2, 0.25) is 0 Å². The molecule has 4 rings (SSSR count). The molecule has 27 heavy (non-hydrogen) atoms. The molecule has 0 unspecified atom stereocenters. The van der Waals surface area contributed by atoms with Crippen LogP contribution in [0.1, 0.15) is 0 Å². The molecule has 1 saturated heterocycles. The number of para-hydroxylation sites is 1. The molecule has 1 aliphatic rings. The van der Waals surface area contributed by atoms with Gasteiger partial charge in [-0.15, -0.1) is 0 Å². The minimum absolute atomic E-state index is 0.538. The van der Waals surface area contributed by atoms with E-state index in [1.807, 2.05) is 24.3 Å². The zero-order valence-corrected chi connectivity index (χ0v) is 15.5. The summed E-state index contributed by atoms with van der Waals surface area (Å²) in [6.07, 6.45) is 0. The van der Waals surface area contributed by atoms with Crippen LogP contribution in [0.15, 0.2) is 53.1 Å². The molecule has 0 aliphatic carbocycles. The highest BCUT2D eigenvalue weighted by Crippen LogP contribution is 2.32. The normalized spacial score (nSPS) is 14.3. The van der Waals surface area contributed by atoms with Crippen LogP contribution in [0.4, 0.5) is 11.7 Å². The van der Waals surface area contributed by atoms with Gasteiger partial charge >= 0.3 is 6.01 Å². The first-order chi connectivity index (χ1) is 13.3. The van der Waals surface area contributed by atoms with Gasteiger partial charge in [0.15, 0.2) is 11.5 Å². The number of methoxy groups -OCH3 is 2. The number of piperazine rings is 1. The van der Waals surface area contributed by atoms with Crippen molar-refractivity contribution >= 4 is 11.7 Å². The number of rotatable bonds is 5. The molecule has 2 heterocycles.